The highest BCUT2D eigenvalue weighted by Crippen LogP contribution is 2.26. The Labute approximate surface area is 115 Å². The van der Waals surface area contributed by atoms with Crippen LogP contribution in [0.3, 0.4) is 0 Å². The first-order chi connectivity index (χ1) is 8.61. The van der Waals surface area contributed by atoms with Gasteiger partial charge in [-0.3, -0.25) is 0 Å². The molecule has 1 aromatic carbocycles. The van der Waals surface area contributed by atoms with E-state index in [9.17, 15) is 0 Å². The second-order valence-electron chi connectivity index (χ2n) is 5.15. The van der Waals surface area contributed by atoms with Gasteiger partial charge >= 0.3 is 0 Å². The number of hydrogen-bond acceptors (Lipinski definition) is 3. The molecule has 1 saturated heterocycles. The number of piperidine rings is 1. The second kappa shape index (κ2) is 5.91. The van der Waals surface area contributed by atoms with E-state index in [4.69, 9.17) is 17.3 Å². The first-order valence-corrected chi connectivity index (χ1v) is 6.89. The Bertz CT molecular complexity index is 408. The molecule has 1 unspecified atom stereocenters. The highest BCUT2D eigenvalue weighted by atomic mass is 35.5. The van der Waals surface area contributed by atoms with Gasteiger partial charge in [0, 0.05) is 36.9 Å². The van der Waals surface area contributed by atoms with E-state index < -0.39 is 0 Å². The van der Waals surface area contributed by atoms with Crippen molar-refractivity contribution >= 4 is 17.3 Å². The van der Waals surface area contributed by atoms with E-state index in [1.165, 1.54) is 25.1 Å². The van der Waals surface area contributed by atoms with Crippen molar-refractivity contribution in [1.82, 2.24) is 4.90 Å². The molecule has 0 amide bonds. The fourth-order valence-electron chi connectivity index (χ4n) is 2.59. The lowest BCUT2D eigenvalue weighted by molar-refractivity contribution is 0.248. The number of rotatable bonds is 3. The van der Waals surface area contributed by atoms with Gasteiger partial charge in [0.05, 0.1) is 0 Å². The van der Waals surface area contributed by atoms with Crippen LogP contribution >= 0.6 is 11.6 Å². The van der Waals surface area contributed by atoms with Gasteiger partial charge in [-0.1, -0.05) is 17.7 Å². The SMILES string of the molecule is CN1CCCC(N(C)c2ccc(CN)c(Cl)c2)C1. The molecule has 1 fully saturated rings. The highest BCUT2D eigenvalue weighted by Gasteiger charge is 2.21. The first-order valence-electron chi connectivity index (χ1n) is 6.51. The molecular formula is C14H22ClN3. The monoisotopic (exact) mass is 267 g/mol. The van der Waals surface area contributed by atoms with E-state index in [1.54, 1.807) is 0 Å². The molecule has 2 N–H and O–H groups in total. The lowest BCUT2D eigenvalue weighted by Gasteiger charge is -2.37. The molecule has 0 spiro atoms. The normalized spacial score (nSPS) is 21.0. The van der Waals surface area contributed by atoms with Crippen molar-refractivity contribution in [2.24, 2.45) is 5.73 Å². The molecule has 1 aromatic rings. The molecular weight excluding hydrogens is 246 g/mol. The molecule has 2 rings (SSSR count). The van der Waals surface area contributed by atoms with Crippen LogP contribution in [0.25, 0.3) is 0 Å². The van der Waals surface area contributed by atoms with Crippen molar-refractivity contribution in [1.29, 1.82) is 0 Å². The molecule has 1 aliphatic rings. The summed E-state index contributed by atoms with van der Waals surface area (Å²) in [6.07, 6.45) is 2.51. The summed E-state index contributed by atoms with van der Waals surface area (Å²) in [5.41, 5.74) is 7.82. The number of likely N-dealkylation sites (N-methyl/N-ethyl adjacent to an activating group) is 2. The molecule has 18 heavy (non-hydrogen) atoms. The van der Waals surface area contributed by atoms with Crippen LogP contribution in [0.5, 0.6) is 0 Å². The molecule has 0 aromatic heterocycles. The third kappa shape index (κ3) is 2.97. The predicted molar refractivity (Wildman–Crippen MR) is 78.3 cm³/mol. The Kier molecular flexibility index (Phi) is 4.49. The molecule has 0 aliphatic carbocycles. The van der Waals surface area contributed by atoms with Crippen molar-refractivity contribution < 1.29 is 0 Å². The zero-order valence-electron chi connectivity index (χ0n) is 11.2. The molecule has 0 radical (unpaired) electrons. The number of hydrogen-bond donors (Lipinski definition) is 1. The van der Waals surface area contributed by atoms with Gasteiger partial charge in [0.1, 0.15) is 0 Å². The van der Waals surface area contributed by atoms with Crippen LogP contribution in [0.2, 0.25) is 5.02 Å². The van der Waals surface area contributed by atoms with Crippen LogP contribution in [-0.4, -0.2) is 38.1 Å². The maximum atomic E-state index is 6.22. The van der Waals surface area contributed by atoms with Gasteiger partial charge < -0.3 is 15.5 Å². The van der Waals surface area contributed by atoms with Crippen molar-refractivity contribution in [3.8, 4) is 0 Å². The van der Waals surface area contributed by atoms with E-state index >= 15 is 0 Å². The average molecular weight is 268 g/mol. The topological polar surface area (TPSA) is 32.5 Å². The van der Waals surface area contributed by atoms with Gasteiger partial charge in [-0.2, -0.15) is 0 Å². The van der Waals surface area contributed by atoms with Gasteiger partial charge in [0.2, 0.25) is 0 Å². The summed E-state index contributed by atoms with van der Waals surface area (Å²) in [4.78, 5) is 4.72. The Balaban J connectivity index is 2.12. The Morgan fingerprint density at radius 3 is 2.89 bits per heavy atom. The Morgan fingerprint density at radius 2 is 2.28 bits per heavy atom. The van der Waals surface area contributed by atoms with Crippen LogP contribution in [0, 0.1) is 0 Å². The van der Waals surface area contributed by atoms with E-state index in [1.807, 2.05) is 12.1 Å². The van der Waals surface area contributed by atoms with E-state index in [0.717, 1.165) is 17.1 Å². The van der Waals surface area contributed by atoms with Crippen LogP contribution in [0.4, 0.5) is 5.69 Å². The number of nitrogens with two attached hydrogens (primary N) is 1. The van der Waals surface area contributed by atoms with Crippen LogP contribution < -0.4 is 10.6 Å². The van der Waals surface area contributed by atoms with Gasteiger partial charge in [0.15, 0.2) is 0 Å². The van der Waals surface area contributed by atoms with Crippen molar-refractivity contribution in [2.75, 3.05) is 32.1 Å². The minimum absolute atomic E-state index is 0.495. The number of halogens is 1. The zero-order valence-corrected chi connectivity index (χ0v) is 12.0. The summed E-state index contributed by atoms with van der Waals surface area (Å²) in [7, 11) is 4.34. The lowest BCUT2D eigenvalue weighted by Crippen LogP contribution is -2.45. The minimum atomic E-state index is 0.495. The number of likely N-dealkylation sites (tertiary alicyclic amines) is 1. The third-order valence-electron chi connectivity index (χ3n) is 3.81. The van der Waals surface area contributed by atoms with Gasteiger partial charge in [-0.25, -0.2) is 0 Å². The molecule has 1 atom stereocenters. The van der Waals surface area contributed by atoms with Crippen molar-refractivity contribution in [3.63, 3.8) is 0 Å². The second-order valence-corrected chi connectivity index (χ2v) is 5.56. The maximum absolute atomic E-state index is 6.22. The lowest BCUT2D eigenvalue weighted by atomic mass is 10.0. The summed E-state index contributed by atoms with van der Waals surface area (Å²) in [5, 5.41) is 0.769. The molecule has 1 heterocycles. The van der Waals surface area contributed by atoms with Crippen LogP contribution in [0.1, 0.15) is 18.4 Å². The summed E-state index contributed by atoms with van der Waals surface area (Å²) in [6, 6.07) is 6.74. The summed E-state index contributed by atoms with van der Waals surface area (Å²) in [6.45, 7) is 2.82. The fraction of sp³-hybridized carbons (Fsp3) is 0.571. The van der Waals surface area contributed by atoms with Crippen LogP contribution in [0.15, 0.2) is 18.2 Å². The molecule has 3 nitrogen and oxygen atoms in total. The minimum Gasteiger partial charge on any atom is -0.370 e. The fourth-order valence-corrected chi connectivity index (χ4v) is 2.84. The van der Waals surface area contributed by atoms with Gasteiger partial charge in [-0.05, 0) is 44.1 Å². The Hall–Kier alpha value is -0.770. The molecule has 4 heteroatoms. The quantitative estimate of drug-likeness (QED) is 0.912. The van der Waals surface area contributed by atoms with E-state index in [0.29, 0.717) is 12.6 Å². The number of anilines is 1. The van der Waals surface area contributed by atoms with Gasteiger partial charge in [-0.15, -0.1) is 0 Å². The van der Waals surface area contributed by atoms with Crippen LogP contribution in [-0.2, 0) is 6.54 Å². The summed E-state index contributed by atoms with van der Waals surface area (Å²) in [5.74, 6) is 0. The molecule has 0 bridgehead atoms. The molecule has 1 aliphatic heterocycles. The summed E-state index contributed by atoms with van der Waals surface area (Å²) < 4.78 is 0. The first kappa shape index (κ1) is 13.7. The number of nitrogens with zero attached hydrogens (tertiary/aromatic N) is 2. The zero-order chi connectivity index (χ0) is 13.1. The standard InChI is InChI=1S/C14H22ClN3/c1-17-7-3-4-13(10-17)18(2)12-6-5-11(9-16)14(15)8-12/h5-6,8,13H,3-4,7,9-10,16H2,1-2H3. The average Bonchev–Trinajstić information content (AvgIpc) is 2.37. The van der Waals surface area contributed by atoms with Crippen molar-refractivity contribution in [3.05, 3.63) is 28.8 Å². The predicted octanol–water partition coefficient (Wildman–Crippen LogP) is 2.33. The van der Waals surface area contributed by atoms with E-state index in [-0.39, 0.29) is 0 Å². The molecule has 100 valence electrons. The summed E-state index contributed by atoms with van der Waals surface area (Å²) >= 11 is 6.22. The largest absolute Gasteiger partial charge is 0.370 e. The smallest absolute Gasteiger partial charge is 0.0471 e. The maximum Gasteiger partial charge on any atom is 0.0471 e. The highest BCUT2D eigenvalue weighted by molar-refractivity contribution is 6.31. The Morgan fingerprint density at radius 1 is 1.50 bits per heavy atom. The van der Waals surface area contributed by atoms with E-state index in [2.05, 4.69) is 30.0 Å². The number of benzene rings is 1. The molecule has 0 saturated carbocycles. The van der Waals surface area contributed by atoms with Gasteiger partial charge in [0.25, 0.3) is 0 Å². The van der Waals surface area contributed by atoms with Crippen molar-refractivity contribution in [2.45, 2.75) is 25.4 Å². The third-order valence-corrected chi connectivity index (χ3v) is 4.16.